The van der Waals surface area contributed by atoms with Gasteiger partial charge in [0.2, 0.25) is 0 Å². The summed E-state index contributed by atoms with van der Waals surface area (Å²) in [7, 11) is 0. The Balaban J connectivity index is 1.91. The number of piperazine rings is 3. The van der Waals surface area contributed by atoms with Crippen molar-refractivity contribution in [2.45, 2.75) is 25.5 Å². The summed E-state index contributed by atoms with van der Waals surface area (Å²) in [6.07, 6.45) is 0.798. The molecule has 3 saturated heterocycles. The van der Waals surface area contributed by atoms with Gasteiger partial charge in [0.1, 0.15) is 0 Å². The highest BCUT2D eigenvalue weighted by molar-refractivity contribution is 4.88. The average Bonchev–Trinajstić information content (AvgIpc) is 2.05. The van der Waals surface area contributed by atoms with Crippen molar-refractivity contribution in [2.75, 3.05) is 32.7 Å². The van der Waals surface area contributed by atoms with Gasteiger partial charge in [-0.25, -0.2) is 0 Å². The third-order valence-corrected chi connectivity index (χ3v) is 3.01. The fourth-order valence-corrected chi connectivity index (χ4v) is 2.34. The summed E-state index contributed by atoms with van der Waals surface area (Å²) in [5.74, 6) is 0. The van der Waals surface area contributed by atoms with Crippen LogP contribution in [0.4, 0.5) is 0 Å². The summed E-state index contributed by atoms with van der Waals surface area (Å²) < 4.78 is 0. The first kappa shape index (κ1) is 8.48. The van der Waals surface area contributed by atoms with E-state index in [9.17, 15) is 5.11 Å². The molecule has 3 nitrogen and oxygen atoms in total. The number of hydrogen-bond acceptors (Lipinski definition) is 3. The molecule has 3 aliphatic rings. The van der Waals surface area contributed by atoms with E-state index < -0.39 is 0 Å². The highest BCUT2D eigenvalue weighted by Gasteiger charge is 2.31. The predicted octanol–water partition coefficient (Wildman–Crippen LogP) is -0.243. The van der Waals surface area contributed by atoms with Crippen molar-refractivity contribution in [1.82, 2.24) is 9.80 Å². The number of nitrogens with zero attached hydrogens (tertiary/aromatic N) is 2. The topological polar surface area (TPSA) is 26.7 Å². The van der Waals surface area contributed by atoms with Gasteiger partial charge in [0, 0.05) is 38.8 Å². The maximum Gasteiger partial charge on any atom is 0.0527 e. The fraction of sp³-hybridized carbons (Fsp3) is 1.00. The van der Waals surface area contributed by atoms with E-state index in [1.165, 1.54) is 32.7 Å². The van der Waals surface area contributed by atoms with E-state index in [-0.39, 0.29) is 6.10 Å². The highest BCUT2D eigenvalue weighted by Crippen LogP contribution is 2.18. The van der Waals surface area contributed by atoms with Crippen LogP contribution in [0.15, 0.2) is 0 Å². The van der Waals surface area contributed by atoms with Crippen molar-refractivity contribution < 1.29 is 5.11 Å². The lowest BCUT2D eigenvalue weighted by Crippen LogP contribution is -2.61. The Labute approximate surface area is 74.0 Å². The first-order valence-electron chi connectivity index (χ1n) is 4.90. The van der Waals surface area contributed by atoms with Crippen molar-refractivity contribution in [2.24, 2.45) is 0 Å². The molecular formula is C9H18N2O. The van der Waals surface area contributed by atoms with Crippen molar-refractivity contribution in [3.8, 4) is 0 Å². The minimum absolute atomic E-state index is 0.143. The van der Waals surface area contributed by atoms with E-state index >= 15 is 0 Å². The third kappa shape index (κ3) is 1.63. The first-order chi connectivity index (χ1) is 5.75. The van der Waals surface area contributed by atoms with Gasteiger partial charge < -0.3 is 5.11 Å². The molecule has 3 rings (SSSR count). The minimum Gasteiger partial charge on any atom is -0.393 e. The van der Waals surface area contributed by atoms with Crippen LogP contribution < -0.4 is 0 Å². The summed E-state index contributed by atoms with van der Waals surface area (Å²) in [5, 5.41) is 9.29. The molecule has 3 aliphatic heterocycles. The van der Waals surface area contributed by atoms with Gasteiger partial charge in [0.25, 0.3) is 0 Å². The summed E-state index contributed by atoms with van der Waals surface area (Å²) in [6.45, 7) is 7.94. The summed E-state index contributed by atoms with van der Waals surface area (Å²) >= 11 is 0. The van der Waals surface area contributed by atoms with Gasteiger partial charge in [-0.2, -0.15) is 0 Å². The second-order valence-corrected chi connectivity index (χ2v) is 4.08. The lowest BCUT2D eigenvalue weighted by molar-refractivity contribution is -0.00657. The normalized spacial score (nSPS) is 43.0. The van der Waals surface area contributed by atoms with Crippen LogP contribution in [0.1, 0.15) is 13.3 Å². The van der Waals surface area contributed by atoms with Crippen molar-refractivity contribution in [3.05, 3.63) is 0 Å². The monoisotopic (exact) mass is 170 g/mol. The van der Waals surface area contributed by atoms with Crippen molar-refractivity contribution in [3.63, 3.8) is 0 Å². The second-order valence-electron chi connectivity index (χ2n) is 4.08. The zero-order chi connectivity index (χ0) is 8.55. The molecule has 0 aromatic rings. The van der Waals surface area contributed by atoms with E-state index in [1.54, 1.807) is 0 Å². The predicted molar refractivity (Wildman–Crippen MR) is 48.1 cm³/mol. The van der Waals surface area contributed by atoms with Crippen LogP contribution in [0.25, 0.3) is 0 Å². The van der Waals surface area contributed by atoms with E-state index in [1.807, 2.05) is 6.92 Å². The molecule has 0 radical (unpaired) electrons. The summed E-state index contributed by atoms with van der Waals surface area (Å²) in [5.41, 5.74) is 0. The molecule has 3 heterocycles. The number of aliphatic hydroxyl groups excluding tert-OH is 1. The van der Waals surface area contributed by atoms with Crippen molar-refractivity contribution in [1.29, 1.82) is 0 Å². The molecule has 0 aromatic carbocycles. The number of hydrogen-bond donors (Lipinski definition) is 1. The minimum atomic E-state index is -0.143. The van der Waals surface area contributed by atoms with Crippen LogP contribution in [0, 0.1) is 0 Å². The zero-order valence-corrected chi connectivity index (χ0v) is 7.74. The van der Waals surface area contributed by atoms with Crippen LogP contribution in [-0.2, 0) is 0 Å². The third-order valence-electron chi connectivity index (χ3n) is 3.01. The molecule has 12 heavy (non-hydrogen) atoms. The Hall–Kier alpha value is -0.120. The Bertz CT molecular complexity index is 151. The Morgan fingerprint density at radius 2 is 2.00 bits per heavy atom. The van der Waals surface area contributed by atoms with Gasteiger partial charge >= 0.3 is 0 Å². The first-order valence-corrected chi connectivity index (χ1v) is 4.90. The molecule has 0 aromatic heterocycles. The Kier molecular flexibility index (Phi) is 2.35. The molecule has 0 saturated carbocycles. The smallest absolute Gasteiger partial charge is 0.0527 e. The number of rotatable bonds is 2. The maximum absolute atomic E-state index is 9.29. The van der Waals surface area contributed by atoms with E-state index in [4.69, 9.17) is 0 Å². The molecule has 1 N–H and O–H groups in total. The molecule has 2 atom stereocenters. The summed E-state index contributed by atoms with van der Waals surface area (Å²) in [6, 6.07) is 0.618. The van der Waals surface area contributed by atoms with Crippen LogP contribution in [0.3, 0.4) is 0 Å². The van der Waals surface area contributed by atoms with Gasteiger partial charge in [-0.05, 0) is 13.3 Å². The van der Waals surface area contributed by atoms with E-state index in [0.29, 0.717) is 6.04 Å². The number of fused-ring (bicyclic) bond motifs is 3. The van der Waals surface area contributed by atoms with E-state index in [0.717, 1.165) is 6.42 Å². The maximum atomic E-state index is 9.29. The highest BCUT2D eigenvalue weighted by atomic mass is 16.3. The number of aliphatic hydroxyl groups is 1. The molecule has 0 aliphatic carbocycles. The second kappa shape index (κ2) is 3.32. The van der Waals surface area contributed by atoms with Gasteiger partial charge in [-0.1, -0.05) is 0 Å². The van der Waals surface area contributed by atoms with Gasteiger partial charge in [-0.15, -0.1) is 0 Å². The zero-order valence-electron chi connectivity index (χ0n) is 7.74. The lowest BCUT2D eigenvalue weighted by Gasteiger charge is -2.47. The molecule has 2 unspecified atom stereocenters. The Morgan fingerprint density at radius 3 is 2.42 bits per heavy atom. The van der Waals surface area contributed by atoms with E-state index in [2.05, 4.69) is 9.80 Å². The lowest BCUT2D eigenvalue weighted by atomic mass is 10.0. The van der Waals surface area contributed by atoms with Gasteiger partial charge in [-0.3, -0.25) is 9.80 Å². The van der Waals surface area contributed by atoms with Crippen LogP contribution in [-0.4, -0.2) is 59.8 Å². The standard InChI is InChI=1S/C9H18N2O/c1-8(12)6-9-7-10-2-4-11(9)5-3-10/h8-9,12H,2-7H2,1H3. The van der Waals surface area contributed by atoms with Crippen LogP contribution >= 0.6 is 0 Å². The molecule has 3 fully saturated rings. The SMILES string of the molecule is CC(O)CC1CN2CCN1CC2. The Morgan fingerprint density at radius 1 is 1.33 bits per heavy atom. The fourth-order valence-electron chi connectivity index (χ4n) is 2.34. The average molecular weight is 170 g/mol. The molecule has 3 heteroatoms. The van der Waals surface area contributed by atoms with Crippen LogP contribution in [0.2, 0.25) is 0 Å². The van der Waals surface area contributed by atoms with Crippen molar-refractivity contribution >= 4 is 0 Å². The van der Waals surface area contributed by atoms with Crippen LogP contribution in [0.5, 0.6) is 0 Å². The molecule has 2 bridgehead atoms. The quantitative estimate of drug-likeness (QED) is 0.619. The van der Waals surface area contributed by atoms with Gasteiger partial charge in [0.05, 0.1) is 6.10 Å². The molecule has 0 spiro atoms. The van der Waals surface area contributed by atoms with Gasteiger partial charge in [0.15, 0.2) is 0 Å². The largest absolute Gasteiger partial charge is 0.393 e. The molecule has 70 valence electrons. The molecular weight excluding hydrogens is 152 g/mol. The summed E-state index contributed by atoms with van der Waals surface area (Å²) in [4.78, 5) is 5.03. The molecule has 0 amide bonds.